The van der Waals surface area contributed by atoms with Crippen LogP contribution in [0.15, 0.2) is 23.4 Å². The van der Waals surface area contributed by atoms with Gasteiger partial charge >= 0.3 is 0 Å². The first-order valence-corrected chi connectivity index (χ1v) is 8.95. The summed E-state index contributed by atoms with van der Waals surface area (Å²) in [6.45, 7) is 10.8. The number of hydrogen-bond acceptors (Lipinski definition) is 4. The molecule has 1 aromatic heterocycles. The van der Waals surface area contributed by atoms with Crippen molar-refractivity contribution < 1.29 is 8.42 Å². The molecular formula is C15H27N3O2S. The monoisotopic (exact) mass is 313 g/mol. The standard InChI is InChI=1S/C15H27N3O2S/c1-6-14(11(2)3)18-21(19,20)15-8-7-13(10-17-15)9-16-12(4)5/h7-8,10-12,14,16,18H,6,9H2,1-5H3. The van der Waals surface area contributed by atoms with Crippen molar-refractivity contribution in [3.63, 3.8) is 0 Å². The Labute approximate surface area is 128 Å². The lowest BCUT2D eigenvalue weighted by molar-refractivity contribution is 0.436. The van der Waals surface area contributed by atoms with Gasteiger partial charge in [-0.3, -0.25) is 0 Å². The van der Waals surface area contributed by atoms with Crippen LogP contribution in [0.25, 0.3) is 0 Å². The van der Waals surface area contributed by atoms with E-state index < -0.39 is 10.0 Å². The predicted octanol–water partition coefficient (Wildman–Crippen LogP) is 2.29. The molecule has 6 heteroatoms. The average molecular weight is 313 g/mol. The van der Waals surface area contributed by atoms with E-state index in [2.05, 4.69) is 28.9 Å². The summed E-state index contributed by atoms with van der Waals surface area (Å²) < 4.78 is 27.3. The summed E-state index contributed by atoms with van der Waals surface area (Å²) in [6.07, 6.45) is 2.37. The number of pyridine rings is 1. The van der Waals surface area contributed by atoms with Crippen molar-refractivity contribution in [2.45, 2.75) is 64.7 Å². The summed E-state index contributed by atoms with van der Waals surface area (Å²) in [4.78, 5) is 4.08. The van der Waals surface area contributed by atoms with Crippen LogP contribution in [0, 0.1) is 5.92 Å². The number of aromatic nitrogens is 1. The molecular weight excluding hydrogens is 286 g/mol. The van der Waals surface area contributed by atoms with Gasteiger partial charge in [0.1, 0.15) is 0 Å². The molecule has 0 radical (unpaired) electrons. The van der Waals surface area contributed by atoms with Gasteiger partial charge in [0.15, 0.2) is 5.03 Å². The van der Waals surface area contributed by atoms with Crippen molar-refractivity contribution in [1.82, 2.24) is 15.0 Å². The molecule has 1 rings (SSSR count). The van der Waals surface area contributed by atoms with E-state index in [1.54, 1.807) is 18.3 Å². The Bertz CT molecular complexity index is 524. The number of hydrogen-bond donors (Lipinski definition) is 2. The lowest BCUT2D eigenvalue weighted by Gasteiger charge is -2.20. The highest BCUT2D eigenvalue weighted by Crippen LogP contribution is 2.12. The molecule has 21 heavy (non-hydrogen) atoms. The lowest BCUT2D eigenvalue weighted by atomic mass is 10.0. The fourth-order valence-electron chi connectivity index (χ4n) is 1.95. The fraction of sp³-hybridized carbons (Fsp3) is 0.667. The van der Waals surface area contributed by atoms with Crippen LogP contribution in [0.4, 0.5) is 0 Å². The minimum atomic E-state index is -3.55. The number of nitrogens with zero attached hydrogens (tertiary/aromatic N) is 1. The molecule has 5 nitrogen and oxygen atoms in total. The Morgan fingerprint density at radius 2 is 1.86 bits per heavy atom. The van der Waals surface area contributed by atoms with Crippen LogP contribution in [0.1, 0.15) is 46.6 Å². The van der Waals surface area contributed by atoms with Gasteiger partial charge in [-0.1, -0.05) is 40.7 Å². The molecule has 0 fully saturated rings. The minimum Gasteiger partial charge on any atom is -0.310 e. The van der Waals surface area contributed by atoms with Crippen molar-refractivity contribution in [2.75, 3.05) is 0 Å². The van der Waals surface area contributed by atoms with Gasteiger partial charge in [-0.15, -0.1) is 0 Å². The van der Waals surface area contributed by atoms with Crippen LogP contribution in [-0.4, -0.2) is 25.5 Å². The van der Waals surface area contributed by atoms with Crippen LogP contribution < -0.4 is 10.0 Å². The minimum absolute atomic E-state index is 0.0703. The molecule has 1 atom stereocenters. The van der Waals surface area contributed by atoms with Gasteiger partial charge in [0.25, 0.3) is 10.0 Å². The van der Waals surface area contributed by atoms with Gasteiger partial charge in [-0.25, -0.2) is 18.1 Å². The molecule has 0 aliphatic carbocycles. The SMILES string of the molecule is CCC(NS(=O)(=O)c1ccc(CNC(C)C)cn1)C(C)C. The zero-order chi connectivity index (χ0) is 16.0. The van der Waals surface area contributed by atoms with Gasteiger partial charge in [-0.2, -0.15) is 0 Å². The third-order valence-electron chi connectivity index (χ3n) is 3.34. The second-order valence-electron chi connectivity index (χ2n) is 5.92. The second-order valence-corrected chi connectivity index (χ2v) is 7.58. The molecule has 0 amide bonds. The summed E-state index contributed by atoms with van der Waals surface area (Å²) in [5.74, 6) is 0.249. The van der Waals surface area contributed by atoms with E-state index in [9.17, 15) is 8.42 Å². The summed E-state index contributed by atoms with van der Waals surface area (Å²) in [5.41, 5.74) is 0.971. The highest BCUT2D eigenvalue weighted by molar-refractivity contribution is 7.89. The van der Waals surface area contributed by atoms with Gasteiger partial charge in [0.2, 0.25) is 0 Å². The Morgan fingerprint density at radius 3 is 2.29 bits per heavy atom. The molecule has 120 valence electrons. The number of rotatable bonds is 8. The normalized spacial score (nSPS) is 13.9. The fourth-order valence-corrected chi connectivity index (χ4v) is 3.34. The molecule has 0 spiro atoms. The largest absolute Gasteiger partial charge is 0.310 e. The molecule has 0 aliphatic rings. The summed E-state index contributed by atoms with van der Waals surface area (Å²) >= 11 is 0. The molecule has 0 saturated carbocycles. The van der Waals surface area contributed by atoms with E-state index >= 15 is 0 Å². The van der Waals surface area contributed by atoms with Crippen molar-refractivity contribution in [2.24, 2.45) is 5.92 Å². The molecule has 1 aromatic rings. The number of nitrogens with one attached hydrogen (secondary N) is 2. The van der Waals surface area contributed by atoms with E-state index in [0.717, 1.165) is 12.0 Å². The Hall–Kier alpha value is -0.980. The second kappa shape index (κ2) is 7.87. The molecule has 1 heterocycles. The van der Waals surface area contributed by atoms with E-state index in [4.69, 9.17) is 0 Å². The average Bonchev–Trinajstić information content (AvgIpc) is 2.42. The van der Waals surface area contributed by atoms with Gasteiger partial charge in [-0.05, 0) is 24.0 Å². The molecule has 0 aliphatic heterocycles. The molecule has 0 aromatic carbocycles. The highest BCUT2D eigenvalue weighted by Gasteiger charge is 2.22. The first-order valence-electron chi connectivity index (χ1n) is 7.47. The van der Waals surface area contributed by atoms with Crippen molar-refractivity contribution in [1.29, 1.82) is 0 Å². The van der Waals surface area contributed by atoms with Crippen LogP contribution >= 0.6 is 0 Å². The van der Waals surface area contributed by atoms with Gasteiger partial charge in [0, 0.05) is 24.8 Å². The predicted molar refractivity (Wildman–Crippen MR) is 85.5 cm³/mol. The smallest absolute Gasteiger partial charge is 0.258 e. The van der Waals surface area contributed by atoms with E-state index in [1.807, 2.05) is 20.8 Å². The molecule has 0 bridgehead atoms. The quantitative estimate of drug-likeness (QED) is 0.772. The van der Waals surface area contributed by atoms with E-state index in [1.165, 1.54) is 0 Å². The first-order chi connectivity index (χ1) is 9.76. The molecule has 1 unspecified atom stereocenters. The first kappa shape index (κ1) is 18.1. The zero-order valence-electron chi connectivity index (χ0n) is 13.6. The Kier molecular flexibility index (Phi) is 6.77. The van der Waals surface area contributed by atoms with Crippen LogP contribution in [0.5, 0.6) is 0 Å². The Morgan fingerprint density at radius 1 is 1.19 bits per heavy atom. The highest BCUT2D eigenvalue weighted by atomic mass is 32.2. The molecule has 0 saturated heterocycles. The van der Waals surface area contributed by atoms with Gasteiger partial charge < -0.3 is 5.32 Å². The van der Waals surface area contributed by atoms with Crippen LogP contribution in [0.3, 0.4) is 0 Å². The third-order valence-corrected chi connectivity index (χ3v) is 4.74. The summed E-state index contributed by atoms with van der Waals surface area (Å²) in [7, 11) is -3.55. The third kappa shape index (κ3) is 5.73. The van der Waals surface area contributed by atoms with Crippen molar-refractivity contribution >= 4 is 10.0 Å². The molecule has 2 N–H and O–H groups in total. The van der Waals surface area contributed by atoms with E-state index in [0.29, 0.717) is 12.6 Å². The zero-order valence-corrected chi connectivity index (χ0v) is 14.4. The maximum Gasteiger partial charge on any atom is 0.258 e. The van der Waals surface area contributed by atoms with Crippen LogP contribution in [0.2, 0.25) is 0 Å². The maximum atomic E-state index is 12.3. The van der Waals surface area contributed by atoms with Crippen molar-refractivity contribution in [3.8, 4) is 0 Å². The number of sulfonamides is 1. The topological polar surface area (TPSA) is 71.1 Å². The lowest BCUT2D eigenvalue weighted by Crippen LogP contribution is -2.38. The summed E-state index contributed by atoms with van der Waals surface area (Å²) in [5, 5.41) is 3.35. The van der Waals surface area contributed by atoms with Crippen molar-refractivity contribution in [3.05, 3.63) is 23.9 Å². The van der Waals surface area contributed by atoms with Crippen LogP contribution in [-0.2, 0) is 16.6 Å². The van der Waals surface area contributed by atoms with Gasteiger partial charge in [0.05, 0.1) is 0 Å². The summed E-state index contributed by atoms with van der Waals surface area (Å²) in [6, 6.07) is 3.67. The maximum absolute atomic E-state index is 12.3. The van der Waals surface area contributed by atoms with E-state index in [-0.39, 0.29) is 17.0 Å². The Balaban J connectivity index is 2.80.